The number of aromatic amines is 1. The number of aromatic nitrogens is 1. The number of methoxy groups -OCH3 is 1. The molecule has 1 saturated heterocycles. The zero-order valence-electron chi connectivity index (χ0n) is 19.5. The van der Waals surface area contributed by atoms with E-state index in [-0.39, 0.29) is 24.5 Å². The summed E-state index contributed by atoms with van der Waals surface area (Å²) < 4.78 is 16.5. The van der Waals surface area contributed by atoms with Gasteiger partial charge in [-0.25, -0.2) is 0 Å². The lowest BCUT2D eigenvalue weighted by Gasteiger charge is -2.24. The largest absolute Gasteiger partial charge is 0.507 e. The Bertz CT molecular complexity index is 1250. The number of H-pyrrole nitrogens is 1. The number of aliphatic hydroxyl groups is 1. The summed E-state index contributed by atoms with van der Waals surface area (Å²) in [6.07, 6.45) is 1.77. The van der Waals surface area contributed by atoms with E-state index in [1.807, 2.05) is 38.1 Å². The zero-order valence-corrected chi connectivity index (χ0v) is 19.5. The van der Waals surface area contributed by atoms with Gasteiger partial charge < -0.3 is 29.2 Å². The standard InChI is InChI=1S/C26H28N2O6/c1-4-33-16-10-11-18(21(14-16)34-5-2)24(29)22-23(28(12-13-32-3)26(31)25(22)30)19-15-27-20-9-7-6-8-17(19)20/h6-11,14-15,23,27,29H,4-5,12-13H2,1-3H3/b24-22+. The van der Waals surface area contributed by atoms with E-state index in [1.165, 1.54) is 12.0 Å². The van der Waals surface area contributed by atoms with E-state index in [2.05, 4.69) is 4.98 Å². The van der Waals surface area contributed by atoms with E-state index >= 15 is 0 Å². The number of ketones is 1. The SMILES string of the molecule is CCOc1ccc(/C(O)=C2\C(=O)C(=O)N(CCOC)C2c2c[nH]c3ccccc23)c(OCC)c1. The first kappa shape index (κ1) is 23.4. The molecular formula is C26H28N2O6. The van der Waals surface area contributed by atoms with E-state index in [4.69, 9.17) is 14.2 Å². The molecule has 0 radical (unpaired) electrons. The molecule has 1 unspecified atom stereocenters. The topological polar surface area (TPSA) is 101 Å². The lowest BCUT2D eigenvalue weighted by Crippen LogP contribution is -2.32. The third-order valence-corrected chi connectivity index (χ3v) is 5.81. The fourth-order valence-electron chi connectivity index (χ4n) is 4.32. The fraction of sp³-hybridized carbons (Fsp3) is 0.308. The molecule has 2 aromatic carbocycles. The summed E-state index contributed by atoms with van der Waals surface area (Å²) in [7, 11) is 1.53. The van der Waals surface area contributed by atoms with Crippen LogP contribution in [0, 0.1) is 0 Å². The molecule has 2 heterocycles. The second kappa shape index (κ2) is 10.0. The maximum Gasteiger partial charge on any atom is 0.295 e. The molecule has 0 aliphatic carbocycles. The van der Waals surface area contributed by atoms with Gasteiger partial charge in [0.2, 0.25) is 0 Å². The van der Waals surface area contributed by atoms with Crippen LogP contribution in [-0.2, 0) is 14.3 Å². The van der Waals surface area contributed by atoms with Crippen LogP contribution in [0.2, 0.25) is 0 Å². The summed E-state index contributed by atoms with van der Waals surface area (Å²) in [4.78, 5) is 31.0. The second-order valence-electron chi connectivity index (χ2n) is 7.80. The first-order chi connectivity index (χ1) is 16.5. The van der Waals surface area contributed by atoms with E-state index in [0.717, 1.165) is 16.5 Å². The number of carbonyl (C=O) groups is 2. The molecule has 1 amide bonds. The predicted octanol–water partition coefficient (Wildman–Crippen LogP) is 4.03. The molecule has 0 saturated carbocycles. The van der Waals surface area contributed by atoms with Crippen molar-refractivity contribution in [2.45, 2.75) is 19.9 Å². The van der Waals surface area contributed by atoms with Crippen LogP contribution in [0.25, 0.3) is 16.7 Å². The van der Waals surface area contributed by atoms with Crippen molar-refractivity contribution in [3.8, 4) is 11.5 Å². The quantitative estimate of drug-likeness (QED) is 0.282. The van der Waals surface area contributed by atoms with Gasteiger partial charge in [-0.15, -0.1) is 0 Å². The number of aliphatic hydroxyl groups excluding tert-OH is 1. The van der Waals surface area contributed by atoms with Crippen LogP contribution in [0.1, 0.15) is 31.0 Å². The van der Waals surface area contributed by atoms with Gasteiger partial charge in [0.05, 0.1) is 37.0 Å². The highest BCUT2D eigenvalue weighted by Gasteiger charge is 2.47. The molecular weight excluding hydrogens is 436 g/mol. The fourth-order valence-corrected chi connectivity index (χ4v) is 4.32. The Balaban J connectivity index is 1.91. The van der Waals surface area contributed by atoms with Crippen molar-refractivity contribution in [3.63, 3.8) is 0 Å². The number of nitrogens with one attached hydrogen (secondary N) is 1. The number of carbonyl (C=O) groups excluding carboxylic acids is 2. The monoisotopic (exact) mass is 464 g/mol. The smallest absolute Gasteiger partial charge is 0.295 e. The number of rotatable bonds is 9. The number of para-hydroxylation sites is 1. The molecule has 8 nitrogen and oxygen atoms in total. The van der Waals surface area contributed by atoms with Crippen LogP contribution in [-0.4, -0.2) is 60.2 Å². The maximum atomic E-state index is 13.2. The zero-order chi connectivity index (χ0) is 24.2. The Morgan fingerprint density at radius 3 is 2.59 bits per heavy atom. The molecule has 0 bridgehead atoms. The van der Waals surface area contributed by atoms with Crippen molar-refractivity contribution in [2.75, 3.05) is 33.5 Å². The number of nitrogens with zero attached hydrogens (tertiary/aromatic N) is 1. The molecule has 4 rings (SSSR count). The summed E-state index contributed by atoms with van der Waals surface area (Å²) in [5, 5.41) is 12.3. The summed E-state index contributed by atoms with van der Waals surface area (Å²) >= 11 is 0. The molecule has 34 heavy (non-hydrogen) atoms. The lowest BCUT2D eigenvalue weighted by atomic mass is 9.94. The highest BCUT2D eigenvalue weighted by molar-refractivity contribution is 6.46. The van der Waals surface area contributed by atoms with Gasteiger partial charge in [0, 0.05) is 42.4 Å². The Labute approximate surface area is 197 Å². The third-order valence-electron chi connectivity index (χ3n) is 5.81. The van der Waals surface area contributed by atoms with Crippen LogP contribution >= 0.6 is 0 Å². The molecule has 2 N–H and O–H groups in total. The molecule has 3 aromatic rings. The van der Waals surface area contributed by atoms with Gasteiger partial charge in [-0.2, -0.15) is 0 Å². The van der Waals surface area contributed by atoms with Crippen LogP contribution in [0.5, 0.6) is 11.5 Å². The lowest BCUT2D eigenvalue weighted by molar-refractivity contribution is -0.140. The van der Waals surface area contributed by atoms with E-state index in [1.54, 1.807) is 24.4 Å². The molecule has 0 spiro atoms. The van der Waals surface area contributed by atoms with Crippen LogP contribution in [0.4, 0.5) is 0 Å². The molecule has 1 aromatic heterocycles. The first-order valence-corrected chi connectivity index (χ1v) is 11.2. The van der Waals surface area contributed by atoms with E-state index in [0.29, 0.717) is 30.3 Å². The highest BCUT2D eigenvalue weighted by Crippen LogP contribution is 2.43. The second-order valence-corrected chi connectivity index (χ2v) is 7.80. The van der Waals surface area contributed by atoms with Gasteiger partial charge in [0.25, 0.3) is 11.7 Å². The number of hydrogen-bond acceptors (Lipinski definition) is 6. The van der Waals surface area contributed by atoms with Gasteiger partial charge in [-0.3, -0.25) is 9.59 Å². The van der Waals surface area contributed by atoms with Crippen LogP contribution < -0.4 is 9.47 Å². The number of hydrogen-bond donors (Lipinski definition) is 2. The Hall–Kier alpha value is -3.78. The number of likely N-dealkylation sites (tertiary alicyclic amines) is 1. The summed E-state index contributed by atoms with van der Waals surface area (Å²) in [5.41, 5.74) is 1.91. The van der Waals surface area contributed by atoms with E-state index in [9.17, 15) is 14.7 Å². The average Bonchev–Trinajstić information content (AvgIpc) is 3.37. The molecule has 1 aliphatic rings. The summed E-state index contributed by atoms with van der Waals surface area (Å²) in [6.45, 7) is 4.97. The van der Waals surface area contributed by atoms with Crippen molar-refractivity contribution in [1.29, 1.82) is 0 Å². The number of benzene rings is 2. The first-order valence-electron chi connectivity index (χ1n) is 11.2. The van der Waals surface area contributed by atoms with Crippen molar-refractivity contribution >= 4 is 28.4 Å². The van der Waals surface area contributed by atoms with Crippen molar-refractivity contribution in [2.24, 2.45) is 0 Å². The van der Waals surface area contributed by atoms with Crippen LogP contribution in [0.15, 0.2) is 54.2 Å². The third kappa shape index (κ3) is 4.12. The van der Waals surface area contributed by atoms with Gasteiger partial charge >= 0.3 is 0 Å². The van der Waals surface area contributed by atoms with Gasteiger partial charge in [-0.05, 0) is 32.0 Å². The number of amides is 1. The minimum atomic E-state index is -0.785. The van der Waals surface area contributed by atoms with Crippen molar-refractivity contribution in [3.05, 3.63) is 65.4 Å². The Kier molecular flexibility index (Phi) is 6.88. The highest BCUT2D eigenvalue weighted by atomic mass is 16.5. The van der Waals surface area contributed by atoms with E-state index < -0.39 is 17.7 Å². The number of Topliss-reactive ketones (excluding diaryl/α,β-unsaturated/α-hetero) is 1. The maximum absolute atomic E-state index is 13.2. The Morgan fingerprint density at radius 1 is 1.09 bits per heavy atom. The Morgan fingerprint density at radius 2 is 1.85 bits per heavy atom. The average molecular weight is 465 g/mol. The molecule has 8 heteroatoms. The molecule has 178 valence electrons. The summed E-state index contributed by atoms with van der Waals surface area (Å²) in [5.74, 6) is -0.777. The van der Waals surface area contributed by atoms with Crippen molar-refractivity contribution in [1.82, 2.24) is 9.88 Å². The van der Waals surface area contributed by atoms with Gasteiger partial charge in [0.15, 0.2) is 0 Å². The minimum absolute atomic E-state index is 0.0102. The molecule has 1 atom stereocenters. The predicted molar refractivity (Wildman–Crippen MR) is 128 cm³/mol. The van der Waals surface area contributed by atoms with Crippen molar-refractivity contribution < 1.29 is 28.9 Å². The number of ether oxygens (including phenoxy) is 3. The number of fused-ring (bicyclic) bond motifs is 1. The van der Waals surface area contributed by atoms with Gasteiger partial charge in [-0.1, -0.05) is 18.2 Å². The molecule has 1 aliphatic heterocycles. The summed E-state index contributed by atoms with van der Waals surface area (Å²) in [6, 6.07) is 11.8. The molecule has 1 fully saturated rings. The van der Waals surface area contributed by atoms with Gasteiger partial charge in [0.1, 0.15) is 17.3 Å². The minimum Gasteiger partial charge on any atom is -0.507 e. The normalized spacial score (nSPS) is 17.5. The van der Waals surface area contributed by atoms with Crippen LogP contribution in [0.3, 0.4) is 0 Å².